The minimum atomic E-state index is -0.222. The molecule has 1 aliphatic carbocycles. The maximum Gasteiger partial charge on any atom is 0.275 e. The number of benzene rings is 3. The maximum atomic E-state index is 2.74. The summed E-state index contributed by atoms with van der Waals surface area (Å²) in [4.78, 5) is 0. The average Bonchev–Trinajstić information content (AvgIpc) is 3.46. The van der Waals surface area contributed by atoms with Crippen LogP contribution in [-0.2, 0) is 21.9 Å². The summed E-state index contributed by atoms with van der Waals surface area (Å²) in [7, 11) is 0. The topological polar surface area (TPSA) is 7.76 Å². The molecule has 2 heteroatoms. The Morgan fingerprint density at radius 3 is 1.93 bits per heavy atom. The minimum absolute atomic E-state index is 0.00305. The quantitative estimate of drug-likeness (QED) is 0.207. The lowest BCUT2D eigenvalue weighted by Crippen LogP contribution is -2.60. The van der Waals surface area contributed by atoms with E-state index in [0.717, 1.165) is 12.8 Å². The van der Waals surface area contributed by atoms with Gasteiger partial charge in [0.1, 0.15) is 5.41 Å². The van der Waals surface area contributed by atoms with Crippen LogP contribution in [0.4, 0.5) is 0 Å². The molecule has 1 saturated carbocycles. The molecular weight excluding hydrogens is 496 g/mol. The van der Waals surface area contributed by atoms with Gasteiger partial charge < -0.3 is 0 Å². The van der Waals surface area contributed by atoms with E-state index in [1.165, 1.54) is 50.3 Å². The number of hydrogen-bond acceptors (Lipinski definition) is 0. The highest BCUT2D eigenvalue weighted by atomic mass is 15.3. The van der Waals surface area contributed by atoms with Crippen LogP contribution in [0.15, 0.2) is 116 Å². The second-order valence-electron chi connectivity index (χ2n) is 13.2. The normalized spacial score (nSPS) is 24.7. The van der Waals surface area contributed by atoms with E-state index in [2.05, 4.69) is 159 Å². The van der Waals surface area contributed by atoms with E-state index in [0.29, 0.717) is 0 Å². The van der Waals surface area contributed by atoms with Crippen molar-refractivity contribution < 1.29 is 9.13 Å². The smallest absolute Gasteiger partial charge is 0.183 e. The Morgan fingerprint density at radius 2 is 1.24 bits per heavy atom. The zero-order valence-corrected chi connectivity index (χ0v) is 24.8. The number of pyridine rings is 2. The van der Waals surface area contributed by atoms with Gasteiger partial charge in [-0.3, -0.25) is 0 Å². The van der Waals surface area contributed by atoms with E-state index in [-0.39, 0.29) is 21.9 Å². The summed E-state index contributed by atoms with van der Waals surface area (Å²) in [6.45, 7) is 11.9. The molecule has 3 aromatic carbocycles. The fourth-order valence-corrected chi connectivity index (χ4v) is 9.51. The third-order valence-electron chi connectivity index (χ3n) is 10.8. The van der Waals surface area contributed by atoms with Gasteiger partial charge in [0.25, 0.3) is 11.1 Å². The number of aromatic nitrogens is 2. The fraction of sp³-hybridized carbons (Fsp3) is 0.282. The van der Waals surface area contributed by atoms with Gasteiger partial charge in [-0.1, -0.05) is 101 Å². The van der Waals surface area contributed by atoms with Crippen LogP contribution in [0.25, 0.3) is 33.6 Å². The lowest BCUT2D eigenvalue weighted by atomic mass is 9.76. The molecule has 5 aromatic rings. The van der Waals surface area contributed by atoms with E-state index in [9.17, 15) is 0 Å². The van der Waals surface area contributed by atoms with Crippen LogP contribution in [-0.4, -0.2) is 0 Å². The van der Waals surface area contributed by atoms with Gasteiger partial charge in [0.2, 0.25) is 11.4 Å². The summed E-state index contributed by atoms with van der Waals surface area (Å²) in [5.41, 5.74) is 11.9. The lowest BCUT2D eigenvalue weighted by Gasteiger charge is -2.29. The SMILES string of the molecule is CCC12c3ccccc3-c3cc(C(C)(C)C)c(-c4ccccc4)c[n+]3C1(CC)C21c2ccccc2-c2cccc[n+]21. The van der Waals surface area contributed by atoms with Crippen LogP contribution in [0.1, 0.15) is 64.2 Å². The van der Waals surface area contributed by atoms with Crippen LogP contribution in [0, 0.1) is 0 Å². The molecule has 0 radical (unpaired) electrons. The molecule has 2 nitrogen and oxygen atoms in total. The molecule has 8 rings (SSSR count). The largest absolute Gasteiger partial charge is 0.275 e. The maximum absolute atomic E-state index is 2.74. The molecule has 0 N–H and O–H groups in total. The number of rotatable bonds is 3. The Kier molecular flexibility index (Phi) is 4.85. The van der Waals surface area contributed by atoms with E-state index in [1.54, 1.807) is 0 Å². The summed E-state index contributed by atoms with van der Waals surface area (Å²) in [5.74, 6) is 0. The van der Waals surface area contributed by atoms with Crippen LogP contribution in [0.2, 0.25) is 0 Å². The highest BCUT2D eigenvalue weighted by molar-refractivity contribution is 5.79. The highest BCUT2D eigenvalue weighted by Crippen LogP contribution is 2.80. The second-order valence-corrected chi connectivity index (χ2v) is 13.2. The molecule has 3 unspecified atom stereocenters. The van der Waals surface area contributed by atoms with Gasteiger partial charge in [0.15, 0.2) is 12.4 Å². The van der Waals surface area contributed by atoms with Crippen molar-refractivity contribution in [2.45, 2.75) is 69.4 Å². The molecule has 1 spiro atoms. The Labute approximate surface area is 244 Å². The van der Waals surface area contributed by atoms with Crippen molar-refractivity contribution in [3.05, 3.63) is 132 Å². The Hall–Kier alpha value is -4.04. The molecule has 3 atom stereocenters. The summed E-state index contributed by atoms with van der Waals surface area (Å²) >= 11 is 0. The second kappa shape index (κ2) is 8.03. The van der Waals surface area contributed by atoms with Crippen molar-refractivity contribution in [1.29, 1.82) is 0 Å². The van der Waals surface area contributed by atoms with Crippen molar-refractivity contribution in [2.75, 3.05) is 0 Å². The number of fused-ring (bicyclic) bond motifs is 13. The number of hydrogen-bond donors (Lipinski definition) is 0. The van der Waals surface area contributed by atoms with Gasteiger partial charge in [-0.15, -0.1) is 0 Å². The predicted octanol–water partition coefficient (Wildman–Crippen LogP) is 8.10. The molecule has 3 aliphatic rings. The molecule has 0 amide bonds. The molecular formula is C39H38N2+2. The van der Waals surface area contributed by atoms with E-state index in [1.807, 2.05) is 0 Å². The first-order valence-corrected chi connectivity index (χ1v) is 15.3. The van der Waals surface area contributed by atoms with Gasteiger partial charge in [-0.2, -0.15) is 9.13 Å². The molecule has 2 aromatic heterocycles. The summed E-state index contributed by atoms with van der Waals surface area (Å²) < 4.78 is 5.39. The zero-order chi connectivity index (χ0) is 28.2. The minimum Gasteiger partial charge on any atom is -0.183 e. The average molecular weight is 535 g/mol. The first-order valence-electron chi connectivity index (χ1n) is 15.3. The van der Waals surface area contributed by atoms with Crippen molar-refractivity contribution in [1.82, 2.24) is 0 Å². The molecule has 0 saturated heterocycles. The third kappa shape index (κ3) is 2.61. The van der Waals surface area contributed by atoms with Gasteiger partial charge >= 0.3 is 0 Å². The van der Waals surface area contributed by atoms with E-state index >= 15 is 0 Å². The van der Waals surface area contributed by atoms with Crippen LogP contribution in [0.5, 0.6) is 0 Å². The monoisotopic (exact) mass is 534 g/mol. The zero-order valence-electron chi connectivity index (χ0n) is 24.8. The lowest BCUT2D eigenvalue weighted by molar-refractivity contribution is -0.799. The molecule has 0 bridgehead atoms. The van der Waals surface area contributed by atoms with Gasteiger partial charge in [0, 0.05) is 35.7 Å². The van der Waals surface area contributed by atoms with Crippen LogP contribution in [0.3, 0.4) is 0 Å². The van der Waals surface area contributed by atoms with E-state index < -0.39 is 0 Å². The van der Waals surface area contributed by atoms with Crippen LogP contribution < -0.4 is 9.13 Å². The number of nitrogens with zero attached hydrogens (tertiary/aromatic N) is 2. The standard InChI is InChI=1S/C39H38N2/c1-6-37-31-21-13-11-19-28(31)35-25-33(36(3,4)5)30(27-17-9-8-10-18-27)26-41(35)38(37,7-2)39(37)32-22-14-12-20-29(32)34-23-15-16-24-40(34)39/h8-26H,6-7H2,1-5H3/q+2. The Morgan fingerprint density at radius 1 is 0.610 bits per heavy atom. The summed E-state index contributed by atoms with van der Waals surface area (Å²) in [6, 6.07) is 38.8. The van der Waals surface area contributed by atoms with E-state index in [4.69, 9.17) is 0 Å². The summed E-state index contributed by atoms with van der Waals surface area (Å²) in [6.07, 6.45) is 6.98. The van der Waals surface area contributed by atoms with Crippen molar-refractivity contribution >= 4 is 0 Å². The van der Waals surface area contributed by atoms with Crippen LogP contribution >= 0.6 is 0 Å². The van der Waals surface area contributed by atoms with Crippen molar-refractivity contribution in [3.63, 3.8) is 0 Å². The molecule has 2 aliphatic heterocycles. The van der Waals surface area contributed by atoms with Crippen molar-refractivity contribution in [3.8, 4) is 33.6 Å². The summed E-state index contributed by atoms with van der Waals surface area (Å²) in [5, 5.41) is 0. The first kappa shape index (κ1) is 24.7. The first-order chi connectivity index (χ1) is 19.9. The van der Waals surface area contributed by atoms with Gasteiger partial charge in [-0.25, -0.2) is 0 Å². The molecule has 202 valence electrons. The predicted molar refractivity (Wildman–Crippen MR) is 166 cm³/mol. The highest BCUT2D eigenvalue weighted by Gasteiger charge is 3.03. The Bertz CT molecular complexity index is 1820. The fourth-order valence-electron chi connectivity index (χ4n) is 9.51. The third-order valence-corrected chi connectivity index (χ3v) is 10.8. The van der Waals surface area contributed by atoms with Gasteiger partial charge in [0.05, 0.1) is 11.1 Å². The molecule has 1 fully saturated rings. The Balaban J connectivity index is 1.57. The molecule has 41 heavy (non-hydrogen) atoms. The van der Waals surface area contributed by atoms with Crippen molar-refractivity contribution in [2.24, 2.45) is 0 Å². The van der Waals surface area contributed by atoms with Gasteiger partial charge in [-0.05, 0) is 46.7 Å². The molecule has 4 heterocycles.